The van der Waals surface area contributed by atoms with Crippen molar-refractivity contribution in [1.82, 2.24) is 4.98 Å². The fourth-order valence-electron chi connectivity index (χ4n) is 2.44. The third-order valence-electron chi connectivity index (χ3n) is 3.78. The van der Waals surface area contributed by atoms with Gasteiger partial charge >= 0.3 is 18.2 Å². The number of nitrogens with zero attached hydrogens (tertiary/aromatic N) is 2. The zero-order valence-electron chi connectivity index (χ0n) is 15.3. The summed E-state index contributed by atoms with van der Waals surface area (Å²) in [4.78, 5) is 27.8. The third-order valence-corrected chi connectivity index (χ3v) is 4.80. The van der Waals surface area contributed by atoms with Crippen LogP contribution in [0, 0.1) is 0 Å². The summed E-state index contributed by atoms with van der Waals surface area (Å²) in [6.45, 7) is 2.13. The monoisotopic (exact) mass is 431 g/mol. The van der Waals surface area contributed by atoms with Crippen LogP contribution in [0.1, 0.15) is 22.3 Å². The molecule has 2 aromatic rings. The molecule has 0 spiro atoms. The molecule has 0 saturated carbocycles. The minimum atomic E-state index is -4.82. The van der Waals surface area contributed by atoms with Crippen LogP contribution >= 0.6 is 11.3 Å². The Morgan fingerprint density at radius 2 is 1.97 bits per heavy atom. The fourth-order valence-corrected chi connectivity index (χ4v) is 3.25. The lowest BCUT2D eigenvalue weighted by Gasteiger charge is -2.22. The standard InChI is InChI=1S/C17H16F3N3O5S/c1-3-26-14(24)12-13(17(18,19)20)29-15(21-12)22-16(25)23(2)9-4-5-10-11(8-9)28-7-6-27-10/h4-5,8H,3,6-7H2,1-2H3,(H,21,22,25). The predicted octanol–water partition coefficient (Wildman–Crippen LogP) is 3.78. The molecule has 2 amide bonds. The van der Waals surface area contributed by atoms with Crippen LogP contribution < -0.4 is 19.7 Å². The zero-order valence-corrected chi connectivity index (χ0v) is 16.1. The van der Waals surface area contributed by atoms with Gasteiger partial charge in [-0.25, -0.2) is 14.6 Å². The van der Waals surface area contributed by atoms with Crippen molar-refractivity contribution in [2.24, 2.45) is 0 Å². The van der Waals surface area contributed by atoms with E-state index < -0.39 is 28.7 Å². The van der Waals surface area contributed by atoms with Gasteiger partial charge in [-0.15, -0.1) is 0 Å². The maximum absolute atomic E-state index is 13.2. The van der Waals surface area contributed by atoms with E-state index in [1.807, 2.05) is 0 Å². The number of amides is 2. The molecule has 0 bridgehead atoms. The van der Waals surface area contributed by atoms with Crippen molar-refractivity contribution in [1.29, 1.82) is 0 Å². The number of benzene rings is 1. The number of ether oxygens (including phenoxy) is 3. The van der Waals surface area contributed by atoms with Crippen molar-refractivity contribution in [2.45, 2.75) is 13.1 Å². The maximum atomic E-state index is 13.2. The normalized spacial score (nSPS) is 13.0. The number of rotatable bonds is 4. The minimum Gasteiger partial charge on any atom is -0.486 e. The zero-order chi connectivity index (χ0) is 21.2. The van der Waals surface area contributed by atoms with E-state index in [2.05, 4.69) is 15.0 Å². The Bertz CT molecular complexity index is 932. The van der Waals surface area contributed by atoms with Crippen LogP contribution in [0.5, 0.6) is 11.5 Å². The van der Waals surface area contributed by atoms with Crippen LogP contribution in [0.3, 0.4) is 0 Å². The Balaban J connectivity index is 1.80. The second kappa shape index (κ2) is 8.15. The molecule has 0 aliphatic carbocycles. The third kappa shape index (κ3) is 4.53. The van der Waals surface area contributed by atoms with Gasteiger partial charge in [-0.05, 0) is 19.1 Å². The van der Waals surface area contributed by atoms with E-state index in [9.17, 15) is 22.8 Å². The molecule has 0 radical (unpaired) electrons. The number of halogens is 3. The first-order valence-electron chi connectivity index (χ1n) is 8.40. The second-order valence-corrected chi connectivity index (χ2v) is 6.73. The van der Waals surface area contributed by atoms with Gasteiger partial charge in [-0.2, -0.15) is 13.2 Å². The molecular weight excluding hydrogens is 415 g/mol. The predicted molar refractivity (Wildman–Crippen MR) is 97.9 cm³/mol. The van der Waals surface area contributed by atoms with Crippen LogP contribution in [0.2, 0.25) is 0 Å². The van der Waals surface area contributed by atoms with Crippen molar-refractivity contribution in [3.8, 4) is 11.5 Å². The summed E-state index contributed by atoms with van der Waals surface area (Å²) >= 11 is 0.144. The average molecular weight is 431 g/mol. The molecule has 3 rings (SSSR count). The van der Waals surface area contributed by atoms with Gasteiger partial charge in [0.2, 0.25) is 0 Å². The van der Waals surface area contributed by atoms with E-state index in [-0.39, 0.29) is 23.1 Å². The molecule has 0 unspecified atom stereocenters. The van der Waals surface area contributed by atoms with Crippen LogP contribution in [-0.2, 0) is 10.9 Å². The van der Waals surface area contributed by atoms with E-state index in [1.54, 1.807) is 18.2 Å². The summed E-state index contributed by atoms with van der Waals surface area (Å²) in [7, 11) is 1.42. The summed E-state index contributed by atoms with van der Waals surface area (Å²) in [6.07, 6.45) is -4.82. The van der Waals surface area contributed by atoms with Crippen LogP contribution in [0.15, 0.2) is 18.2 Å². The van der Waals surface area contributed by atoms with Gasteiger partial charge in [-0.3, -0.25) is 10.2 Å². The van der Waals surface area contributed by atoms with Gasteiger partial charge in [-0.1, -0.05) is 11.3 Å². The van der Waals surface area contributed by atoms with E-state index in [0.29, 0.717) is 30.4 Å². The summed E-state index contributed by atoms with van der Waals surface area (Å²) in [5, 5.41) is 1.88. The number of carbonyl (C=O) groups is 2. The minimum absolute atomic E-state index is 0.109. The number of aromatic nitrogens is 1. The highest BCUT2D eigenvalue weighted by Gasteiger charge is 2.40. The summed E-state index contributed by atoms with van der Waals surface area (Å²) in [5.41, 5.74) is -0.466. The van der Waals surface area contributed by atoms with E-state index in [1.165, 1.54) is 14.0 Å². The largest absolute Gasteiger partial charge is 0.486 e. The number of fused-ring (bicyclic) bond motifs is 1. The average Bonchev–Trinajstić information content (AvgIpc) is 3.11. The fraction of sp³-hybridized carbons (Fsp3) is 0.353. The van der Waals surface area contributed by atoms with Gasteiger partial charge < -0.3 is 14.2 Å². The van der Waals surface area contributed by atoms with Crippen LogP contribution in [0.4, 0.5) is 28.8 Å². The quantitative estimate of drug-likeness (QED) is 0.741. The molecule has 1 aromatic heterocycles. The molecule has 1 aliphatic heterocycles. The first kappa shape index (κ1) is 20.7. The lowest BCUT2D eigenvalue weighted by molar-refractivity contribution is -0.135. The van der Waals surface area contributed by atoms with Crippen molar-refractivity contribution in [3.05, 3.63) is 28.8 Å². The topological polar surface area (TPSA) is 90.0 Å². The molecule has 0 atom stereocenters. The number of anilines is 2. The molecular formula is C17H16F3N3O5S. The Hall–Kier alpha value is -3.02. The molecule has 1 aromatic carbocycles. The number of alkyl halides is 3. The van der Waals surface area contributed by atoms with E-state index in [4.69, 9.17) is 9.47 Å². The van der Waals surface area contributed by atoms with Crippen LogP contribution in [0.25, 0.3) is 0 Å². The molecule has 1 aliphatic rings. The van der Waals surface area contributed by atoms with Crippen molar-refractivity contribution in [3.63, 3.8) is 0 Å². The molecule has 29 heavy (non-hydrogen) atoms. The highest BCUT2D eigenvalue weighted by Crippen LogP contribution is 2.39. The number of thiazole rings is 1. The molecule has 12 heteroatoms. The van der Waals surface area contributed by atoms with E-state index >= 15 is 0 Å². The van der Waals surface area contributed by atoms with Gasteiger partial charge in [0.1, 0.15) is 18.1 Å². The smallest absolute Gasteiger partial charge is 0.428 e. The number of hydrogen-bond donors (Lipinski definition) is 1. The molecule has 0 fully saturated rings. The van der Waals surface area contributed by atoms with Crippen molar-refractivity contribution in [2.75, 3.05) is 37.1 Å². The number of urea groups is 1. The number of nitrogens with one attached hydrogen (secondary N) is 1. The Labute approximate surface area is 167 Å². The summed E-state index contributed by atoms with van der Waals surface area (Å²) < 4.78 is 55.0. The molecule has 1 N–H and O–H groups in total. The van der Waals surface area contributed by atoms with E-state index in [0.717, 1.165) is 4.90 Å². The highest BCUT2D eigenvalue weighted by atomic mass is 32.1. The van der Waals surface area contributed by atoms with Gasteiger partial charge in [0.25, 0.3) is 0 Å². The summed E-state index contributed by atoms with van der Waals surface area (Å²) in [5.74, 6) is -0.231. The lowest BCUT2D eigenvalue weighted by atomic mass is 10.2. The highest BCUT2D eigenvalue weighted by molar-refractivity contribution is 7.16. The molecule has 0 saturated heterocycles. The lowest BCUT2D eigenvalue weighted by Crippen LogP contribution is -2.31. The molecule has 8 nitrogen and oxygen atoms in total. The first-order valence-corrected chi connectivity index (χ1v) is 9.22. The molecule has 2 heterocycles. The SMILES string of the molecule is CCOC(=O)c1nc(NC(=O)N(C)c2ccc3c(c2)OCCO3)sc1C(F)(F)F. The second-order valence-electron chi connectivity index (χ2n) is 5.73. The Morgan fingerprint density at radius 1 is 1.28 bits per heavy atom. The van der Waals surface area contributed by atoms with Gasteiger partial charge in [0.05, 0.1) is 6.61 Å². The van der Waals surface area contributed by atoms with Gasteiger partial charge in [0.15, 0.2) is 22.3 Å². The number of hydrogen-bond acceptors (Lipinski definition) is 7. The number of esters is 1. The van der Waals surface area contributed by atoms with Crippen LogP contribution in [-0.4, -0.2) is 43.9 Å². The molecule has 156 valence electrons. The Morgan fingerprint density at radius 3 is 2.62 bits per heavy atom. The number of carbonyl (C=O) groups excluding carboxylic acids is 2. The Kier molecular flexibility index (Phi) is 5.82. The maximum Gasteiger partial charge on any atom is 0.428 e. The van der Waals surface area contributed by atoms with Crippen molar-refractivity contribution < 1.29 is 37.0 Å². The van der Waals surface area contributed by atoms with Crippen molar-refractivity contribution >= 4 is 34.2 Å². The summed E-state index contributed by atoms with van der Waals surface area (Å²) in [6, 6.07) is 4.04. The van der Waals surface area contributed by atoms with Gasteiger partial charge in [0, 0.05) is 18.8 Å². The first-order chi connectivity index (χ1) is 13.7.